The number of halogens is 1. The molecule has 0 aromatic heterocycles. The molecule has 1 spiro atoms. The normalized spacial score (nSPS) is 37.5. The Bertz CT molecular complexity index is 126. The molecule has 2 saturated heterocycles. The molecule has 0 bridgehead atoms. The van der Waals surface area contributed by atoms with Crippen molar-refractivity contribution < 1.29 is 9.13 Å². The fraction of sp³-hybridized carbons (Fsp3) is 1.00. The van der Waals surface area contributed by atoms with Crippen LogP contribution in [0.2, 0.25) is 0 Å². The Morgan fingerprint density at radius 1 is 1.50 bits per heavy atom. The third-order valence-electron chi connectivity index (χ3n) is 2.38. The summed E-state index contributed by atoms with van der Waals surface area (Å²) in [5.41, 5.74) is 0.0303. The van der Waals surface area contributed by atoms with Crippen molar-refractivity contribution in [2.24, 2.45) is 0 Å². The van der Waals surface area contributed by atoms with Gasteiger partial charge in [0.2, 0.25) is 0 Å². The van der Waals surface area contributed by atoms with Crippen LogP contribution in [0.4, 0.5) is 4.39 Å². The average Bonchev–Trinajstić information content (AvgIpc) is 1.86. The maximum absolute atomic E-state index is 12.5. The molecule has 1 N–H and O–H groups in total. The zero-order valence-electron chi connectivity index (χ0n) is 5.90. The van der Waals surface area contributed by atoms with Crippen molar-refractivity contribution in [2.45, 2.75) is 24.6 Å². The van der Waals surface area contributed by atoms with Crippen molar-refractivity contribution in [3.05, 3.63) is 0 Å². The predicted octanol–water partition coefficient (Wildman–Crippen LogP) is 0.477. The van der Waals surface area contributed by atoms with E-state index in [1.807, 2.05) is 0 Å². The molecular formula is C7H12FNO. The molecule has 0 aromatic carbocycles. The molecule has 0 unspecified atom stereocenters. The van der Waals surface area contributed by atoms with Crippen molar-refractivity contribution in [3.63, 3.8) is 0 Å². The molecule has 0 radical (unpaired) electrons. The van der Waals surface area contributed by atoms with Crippen molar-refractivity contribution in [1.82, 2.24) is 5.32 Å². The van der Waals surface area contributed by atoms with E-state index in [1.54, 1.807) is 0 Å². The van der Waals surface area contributed by atoms with Crippen molar-refractivity contribution in [2.75, 3.05) is 19.7 Å². The Labute approximate surface area is 59.7 Å². The molecule has 2 rings (SSSR count). The summed E-state index contributed by atoms with van der Waals surface area (Å²) < 4.78 is 17.9. The number of nitrogens with one attached hydrogen (secondary N) is 1. The highest BCUT2D eigenvalue weighted by atomic mass is 19.1. The van der Waals surface area contributed by atoms with Gasteiger partial charge in [-0.05, 0) is 12.8 Å². The van der Waals surface area contributed by atoms with Crippen LogP contribution in [-0.4, -0.2) is 31.5 Å². The zero-order valence-corrected chi connectivity index (χ0v) is 5.90. The third kappa shape index (κ3) is 0.935. The highest BCUT2D eigenvalue weighted by Crippen LogP contribution is 2.29. The molecule has 1 atom stereocenters. The van der Waals surface area contributed by atoms with Crippen LogP contribution in [0.3, 0.4) is 0 Å². The van der Waals surface area contributed by atoms with Crippen molar-refractivity contribution >= 4 is 0 Å². The lowest BCUT2D eigenvalue weighted by atomic mass is 9.88. The molecule has 2 heterocycles. The first-order valence-electron chi connectivity index (χ1n) is 3.80. The quantitative estimate of drug-likeness (QED) is 0.535. The van der Waals surface area contributed by atoms with Gasteiger partial charge in [-0.25, -0.2) is 4.39 Å². The van der Waals surface area contributed by atoms with Gasteiger partial charge in [0.25, 0.3) is 0 Å². The summed E-state index contributed by atoms with van der Waals surface area (Å²) >= 11 is 0. The largest absolute Gasteiger partial charge is 0.369 e. The Kier molecular flexibility index (Phi) is 1.42. The van der Waals surface area contributed by atoms with Crippen LogP contribution >= 0.6 is 0 Å². The van der Waals surface area contributed by atoms with E-state index in [-0.39, 0.29) is 5.60 Å². The summed E-state index contributed by atoms with van der Waals surface area (Å²) in [6.07, 6.45) is 0.856. The lowest BCUT2D eigenvalue weighted by molar-refractivity contribution is -0.132. The predicted molar refractivity (Wildman–Crippen MR) is 35.7 cm³/mol. The van der Waals surface area contributed by atoms with Crippen LogP contribution in [0.25, 0.3) is 0 Å². The number of rotatable bonds is 0. The minimum atomic E-state index is -0.716. The first kappa shape index (κ1) is 6.55. The Morgan fingerprint density at radius 3 is 2.70 bits per heavy atom. The Hall–Kier alpha value is -0.150. The van der Waals surface area contributed by atoms with Crippen LogP contribution in [0, 0.1) is 0 Å². The maximum Gasteiger partial charge on any atom is 0.123 e. The third-order valence-corrected chi connectivity index (χ3v) is 2.38. The molecule has 0 aliphatic carbocycles. The minimum Gasteiger partial charge on any atom is -0.369 e. The molecule has 0 amide bonds. The van der Waals surface area contributed by atoms with Gasteiger partial charge in [-0.15, -0.1) is 0 Å². The summed E-state index contributed by atoms with van der Waals surface area (Å²) in [6.45, 7) is 2.14. The Morgan fingerprint density at radius 2 is 2.30 bits per heavy atom. The van der Waals surface area contributed by atoms with Gasteiger partial charge in [0.05, 0.1) is 12.2 Å². The second-order valence-corrected chi connectivity index (χ2v) is 3.23. The molecule has 2 aliphatic rings. The van der Waals surface area contributed by atoms with E-state index in [9.17, 15) is 4.39 Å². The number of alkyl halides is 1. The Balaban J connectivity index is 1.90. The first-order chi connectivity index (χ1) is 4.81. The van der Waals surface area contributed by atoms with Crippen molar-refractivity contribution in [1.29, 1.82) is 0 Å². The van der Waals surface area contributed by atoms with Crippen LogP contribution in [0.1, 0.15) is 12.8 Å². The topological polar surface area (TPSA) is 21.3 Å². The summed E-state index contributed by atoms with van der Waals surface area (Å²) in [5, 5.41) is 3.14. The van der Waals surface area contributed by atoms with E-state index in [2.05, 4.69) is 5.32 Å². The van der Waals surface area contributed by atoms with Gasteiger partial charge in [0.15, 0.2) is 0 Å². The van der Waals surface area contributed by atoms with Crippen LogP contribution in [0.5, 0.6) is 0 Å². The smallest absolute Gasteiger partial charge is 0.123 e. The molecular weight excluding hydrogens is 133 g/mol. The fourth-order valence-electron chi connectivity index (χ4n) is 1.53. The minimum absolute atomic E-state index is 0.0303. The van der Waals surface area contributed by atoms with Crippen LogP contribution in [-0.2, 0) is 4.74 Å². The van der Waals surface area contributed by atoms with E-state index in [4.69, 9.17) is 4.74 Å². The van der Waals surface area contributed by atoms with Crippen molar-refractivity contribution in [3.8, 4) is 0 Å². The van der Waals surface area contributed by atoms with Gasteiger partial charge < -0.3 is 10.1 Å². The number of hydrogen-bond acceptors (Lipinski definition) is 2. The standard InChI is InChI=1S/C7H12FNO/c8-6-1-2-7(10-3-6)4-9-5-7/h6,9H,1-5H2/t6-/m1/s1. The van der Waals surface area contributed by atoms with E-state index < -0.39 is 6.17 Å². The van der Waals surface area contributed by atoms with E-state index >= 15 is 0 Å². The van der Waals surface area contributed by atoms with E-state index in [0.717, 1.165) is 19.5 Å². The molecule has 0 saturated carbocycles. The molecule has 0 aromatic rings. The second-order valence-electron chi connectivity index (χ2n) is 3.23. The van der Waals surface area contributed by atoms with E-state index in [0.29, 0.717) is 13.0 Å². The van der Waals surface area contributed by atoms with Gasteiger partial charge >= 0.3 is 0 Å². The van der Waals surface area contributed by atoms with Crippen LogP contribution < -0.4 is 5.32 Å². The SMILES string of the molecule is F[C@@H]1CCC2(CNC2)OC1. The number of hydrogen-bond donors (Lipinski definition) is 1. The summed E-state index contributed by atoms with van der Waals surface area (Å²) in [7, 11) is 0. The summed E-state index contributed by atoms with van der Waals surface area (Å²) in [6, 6.07) is 0. The van der Waals surface area contributed by atoms with Gasteiger partial charge in [-0.1, -0.05) is 0 Å². The first-order valence-corrected chi connectivity index (χ1v) is 3.80. The maximum atomic E-state index is 12.5. The van der Waals surface area contributed by atoms with Gasteiger partial charge in [-0.3, -0.25) is 0 Å². The van der Waals surface area contributed by atoms with Gasteiger partial charge in [-0.2, -0.15) is 0 Å². The molecule has 58 valence electrons. The molecule has 10 heavy (non-hydrogen) atoms. The van der Waals surface area contributed by atoms with E-state index in [1.165, 1.54) is 0 Å². The zero-order chi connectivity index (χ0) is 7.03. The van der Waals surface area contributed by atoms with Crippen LogP contribution in [0.15, 0.2) is 0 Å². The monoisotopic (exact) mass is 145 g/mol. The fourth-order valence-corrected chi connectivity index (χ4v) is 1.53. The highest BCUT2D eigenvalue weighted by molar-refractivity contribution is 4.97. The molecule has 2 nitrogen and oxygen atoms in total. The molecule has 3 heteroatoms. The highest BCUT2D eigenvalue weighted by Gasteiger charge is 2.41. The summed E-state index contributed by atoms with van der Waals surface area (Å²) in [4.78, 5) is 0. The number of ether oxygens (including phenoxy) is 1. The molecule has 2 aliphatic heterocycles. The lowest BCUT2D eigenvalue weighted by Crippen LogP contribution is -2.63. The van der Waals surface area contributed by atoms with Gasteiger partial charge in [0.1, 0.15) is 6.17 Å². The molecule has 2 fully saturated rings. The average molecular weight is 145 g/mol. The second kappa shape index (κ2) is 2.17. The summed E-state index contributed by atoms with van der Waals surface area (Å²) in [5.74, 6) is 0. The van der Waals surface area contributed by atoms with Gasteiger partial charge in [0, 0.05) is 13.1 Å². The lowest BCUT2D eigenvalue weighted by Gasteiger charge is -2.45.